The molecule has 25 heavy (non-hydrogen) atoms. The average Bonchev–Trinajstić information content (AvgIpc) is 3.14. The van der Waals surface area contributed by atoms with Crippen molar-refractivity contribution in [2.75, 3.05) is 11.9 Å². The molecular weight excluding hydrogens is 356 g/mol. The fraction of sp³-hybridized carbons (Fsp3) is 0.500. The minimum Gasteiger partial charge on any atom is -0.466 e. The second-order valence-corrected chi connectivity index (χ2v) is 8.05. The molecule has 2 heterocycles. The van der Waals surface area contributed by atoms with Crippen LogP contribution in [0.5, 0.6) is 0 Å². The van der Waals surface area contributed by atoms with Crippen LogP contribution in [0.4, 0.5) is 5.13 Å². The van der Waals surface area contributed by atoms with Gasteiger partial charge in [0, 0.05) is 10.3 Å². The van der Waals surface area contributed by atoms with E-state index in [1.165, 1.54) is 47.5 Å². The molecule has 1 amide bonds. The number of nitrogens with zero attached hydrogens (tertiary/aromatic N) is 1. The van der Waals surface area contributed by atoms with Gasteiger partial charge in [0.1, 0.15) is 0 Å². The third-order valence-corrected chi connectivity index (χ3v) is 6.17. The van der Waals surface area contributed by atoms with E-state index in [2.05, 4.69) is 10.3 Å². The molecule has 1 N–H and O–H groups in total. The first-order valence-corrected chi connectivity index (χ1v) is 10.4. The van der Waals surface area contributed by atoms with Gasteiger partial charge < -0.3 is 4.74 Å². The van der Waals surface area contributed by atoms with Crippen molar-refractivity contribution in [2.24, 2.45) is 0 Å². The lowest BCUT2D eigenvalue weighted by Gasteiger charge is -2.07. The van der Waals surface area contributed by atoms with Crippen LogP contribution in [-0.4, -0.2) is 23.5 Å². The maximum atomic E-state index is 12.5. The molecule has 5 nitrogen and oxygen atoms in total. The molecule has 2 aromatic rings. The van der Waals surface area contributed by atoms with Crippen molar-refractivity contribution in [1.29, 1.82) is 0 Å². The van der Waals surface area contributed by atoms with Crippen molar-refractivity contribution in [3.05, 3.63) is 32.5 Å². The fourth-order valence-electron chi connectivity index (χ4n) is 2.92. The highest BCUT2D eigenvalue weighted by Gasteiger charge is 2.17. The van der Waals surface area contributed by atoms with Gasteiger partial charge in [-0.25, -0.2) is 4.98 Å². The van der Waals surface area contributed by atoms with E-state index in [9.17, 15) is 9.59 Å². The van der Waals surface area contributed by atoms with Gasteiger partial charge in [0.2, 0.25) is 0 Å². The molecule has 0 saturated heterocycles. The largest absolute Gasteiger partial charge is 0.466 e. The van der Waals surface area contributed by atoms with Crippen LogP contribution in [0.15, 0.2) is 11.4 Å². The van der Waals surface area contributed by atoms with Crippen LogP contribution in [0.2, 0.25) is 0 Å². The summed E-state index contributed by atoms with van der Waals surface area (Å²) in [6, 6.07) is 2.04. The zero-order valence-electron chi connectivity index (χ0n) is 14.3. The van der Waals surface area contributed by atoms with Crippen molar-refractivity contribution in [2.45, 2.75) is 51.9 Å². The normalized spacial score (nSPS) is 14.3. The number of esters is 1. The molecule has 2 aromatic heterocycles. The molecule has 0 fully saturated rings. The first-order chi connectivity index (χ1) is 12.2. The number of hydrogen-bond donors (Lipinski definition) is 1. The fourth-order valence-corrected chi connectivity index (χ4v) is 4.77. The van der Waals surface area contributed by atoms with Gasteiger partial charge in [-0.05, 0) is 44.2 Å². The van der Waals surface area contributed by atoms with Crippen LogP contribution < -0.4 is 5.32 Å². The molecule has 0 atom stereocenters. The van der Waals surface area contributed by atoms with E-state index < -0.39 is 0 Å². The molecule has 0 aliphatic heterocycles. The molecule has 3 rings (SSSR count). The van der Waals surface area contributed by atoms with E-state index >= 15 is 0 Å². The van der Waals surface area contributed by atoms with Gasteiger partial charge in [0.05, 0.1) is 23.6 Å². The number of carbonyl (C=O) groups excluding carboxylic acids is 2. The molecule has 0 saturated carbocycles. The number of thiazole rings is 1. The lowest BCUT2D eigenvalue weighted by atomic mass is 10.00. The number of fused-ring (bicyclic) bond motifs is 1. The van der Waals surface area contributed by atoms with Crippen molar-refractivity contribution in [3.8, 4) is 0 Å². The Balaban J connectivity index is 1.63. The second-order valence-electron chi connectivity index (χ2n) is 6.05. The van der Waals surface area contributed by atoms with Crippen molar-refractivity contribution in [3.63, 3.8) is 0 Å². The Bertz CT molecular complexity index is 726. The maximum Gasteiger partial charge on any atom is 0.311 e. The summed E-state index contributed by atoms with van der Waals surface area (Å²) in [6.45, 7) is 2.13. The Morgan fingerprint density at radius 2 is 2.04 bits per heavy atom. The number of rotatable bonds is 5. The van der Waals surface area contributed by atoms with Gasteiger partial charge in [0.25, 0.3) is 5.91 Å². The molecule has 0 aromatic carbocycles. The van der Waals surface area contributed by atoms with Gasteiger partial charge in [-0.3, -0.25) is 14.9 Å². The lowest BCUT2D eigenvalue weighted by molar-refractivity contribution is -0.142. The highest BCUT2D eigenvalue weighted by molar-refractivity contribution is 7.15. The highest BCUT2D eigenvalue weighted by atomic mass is 32.1. The van der Waals surface area contributed by atoms with Crippen LogP contribution in [0, 0.1) is 0 Å². The van der Waals surface area contributed by atoms with Gasteiger partial charge in [0.15, 0.2) is 5.13 Å². The van der Waals surface area contributed by atoms with Crippen molar-refractivity contribution >= 4 is 39.7 Å². The van der Waals surface area contributed by atoms with Gasteiger partial charge >= 0.3 is 5.97 Å². The number of aryl methyl sites for hydroxylation is 2. The van der Waals surface area contributed by atoms with Crippen LogP contribution in [0.1, 0.15) is 58.4 Å². The number of aromatic nitrogens is 1. The number of thiophene rings is 1. The number of carbonyl (C=O) groups is 2. The van der Waals surface area contributed by atoms with E-state index in [4.69, 9.17) is 4.74 Å². The minimum absolute atomic E-state index is 0.117. The van der Waals surface area contributed by atoms with Gasteiger partial charge in [-0.1, -0.05) is 12.8 Å². The monoisotopic (exact) mass is 378 g/mol. The molecule has 0 radical (unpaired) electrons. The zero-order chi connectivity index (χ0) is 17.6. The molecule has 0 spiro atoms. The van der Waals surface area contributed by atoms with Crippen molar-refractivity contribution in [1.82, 2.24) is 4.98 Å². The summed E-state index contributed by atoms with van der Waals surface area (Å²) in [6.07, 6.45) is 7.24. The third kappa shape index (κ3) is 4.89. The van der Waals surface area contributed by atoms with E-state index in [1.807, 2.05) is 6.07 Å². The van der Waals surface area contributed by atoms with Crippen LogP contribution in [-0.2, 0) is 28.8 Å². The first-order valence-electron chi connectivity index (χ1n) is 8.68. The highest BCUT2D eigenvalue weighted by Crippen LogP contribution is 2.29. The number of hydrogen-bond acceptors (Lipinski definition) is 6. The smallest absolute Gasteiger partial charge is 0.311 e. The van der Waals surface area contributed by atoms with E-state index in [1.54, 1.807) is 23.6 Å². The summed E-state index contributed by atoms with van der Waals surface area (Å²) in [5, 5.41) is 5.15. The van der Waals surface area contributed by atoms with Crippen LogP contribution >= 0.6 is 22.7 Å². The third-order valence-electron chi connectivity index (χ3n) is 4.12. The predicted octanol–water partition coefficient (Wildman–Crippen LogP) is 4.22. The molecule has 1 aliphatic rings. The standard InChI is InChI=1S/C18H22N2O3S2/c1-2-23-16(21)10-13-11-24-18(19-13)20-17(22)15-9-12-7-5-3-4-6-8-14(12)25-15/h9,11H,2-8,10H2,1H3,(H,19,20,22). The number of nitrogens with one attached hydrogen (secondary N) is 1. The van der Waals surface area contributed by atoms with E-state index in [0.717, 1.165) is 17.7 Å². The Hall–Kier alpha value is -1.73. The molecule has 7 heteroatoms. The Morgan fingerprint density at radius 1 is 1.24 bits per heavy atom. The summed E-state index contributed by atoms with van der Waals surface area (Å²) in [4.78, 5) is 30.4. The average molecular weight is 379 g/mol. The maximum absolute atomic E-state index is 12.5. The summed E-state index contributed by atoms with van der Waals surface area (Å²) < 4.78 is 4.91. The summed E-state index contributed by atoms with van der Waals surface area (Å²) >= 11 is 2.93. The Kier molecular flexibility index (Phi) is 6.20. The Labute approximate surface area is 155 Å². The molecule has 1 aliphatic carbocycles. The van der Waals surface area contributed by atoms with Crippen LogP contribution in [0.3, 0.4) is 0 Å². The zero-order valence-corrected chi connectivity index (χ0v) is 15.9. The van der Waals surface area contributed by atoms with Gasteiger partial charge in [-0.15, -0.1) is 22.7 Å². The molecule has 0 unspecified atom stereocenters. The topological polar surface area (TPSA) is 68.3 Å². The quantitative estimate of drug-likeness (QED) is 0.791. The second kappa shape index (κ2) is 8.58. The molecule has 134 valence electrons. The number of ether oxygens (including phenoxy) is 1. The Morgan fingerprint density at radius 3 is 2.84 bits per heavy atom. The summed E-state index contributed by atoms with van der Waals surface area (Å²) in [5.74, 6) is -0.419. The van der Waals surface area contributed by atoms with Crippen LogP contribution in [0.25, 0.3) is 0 Å². The molecular formula is C18H22N2O3S2. The predicted molar refractivity (Wildman–Crippen MR) is 101 cm³/mol. The summed E-state index contributed by atoms with van der Waals surface area (Å²) in [7, 11) is 0. The van der Waals surface area contributed by atoms with E-state index in [-0.39, 0.29) is 18.3 Å². The minimum atomic E-state index is -0.302. The van der Waals surface area contributed by atoms with Crippen molar-refractivity contribution < 1.29 is 14.3 Å². The van der Waals surface area contributed by atoms with E-state index in [0.29, 0.717) is 17.4 Å². The SMILES string of the molecule is CCOC(=O)Cc1csc(NC(=O)c2cc3c(s2)CCCCCC3)n1. The number of anilines is 1. The lowest BCUT2D eigenvalue weighted by Crippen LogP contribution is -2.11. The number of amides is 1. The molecule has 0 bridgehead atoms. The first kappa shape index (κ1) is 18.1. The summed E-state index contributed by atoms with van der Waals surface area (Å²) in [5.41, 5.74) is 1.95. The van der Waals surface area contributed by atoms with Gasteiger partial charge in [-0.2, -0.15) is 0 Å².